The number of pyridine rings is 1. The van der Waals surface area contributed by atoms with Crippen molar-refractivity contribution in [2.45, 2.75) is 13.0 Å². The number of rotatable bonds is 4. The van der Waals surface area contributed by atoms with Crippen LogP contribution in [0.2, 0.25) is 0 Å². The lowest BCUT2D eigenvalue weighted by Gasteiger charge is -2.08. The molecule has 3 nitrogen and oxygen atoms in total. The monoisotopic (exact) mass is 389 g/mol. The third-order valence-electron chi connectivity index (χ3n) is 4.31. The van der Waals surface area contributed by atoms with E-state index in [-0.39, 0.29) is 6.54 Å². The molecule has 0 bridgehead atoms. The first-order chi connectivity index (χ1) is 13.4. The molecule has 0 unspecified atom stereocenters. The Labute approximate surface area is 156 Å². The Morgan fingerprint density at radius 3 is 2.32 bits per heavy atom. The second-order valence-corrected chi connectivity index (χ2v) is 6.25. The van der Waals surface area contributed by atoms with E-state index in [0.717, 1.165) is 18.2 Å². The van der Waals surface area contributed by atoms with Crippen LogP contribution in [-0.2, 0) is 6.54 Å². The average molecular weight is 389 g/mol. The number of benzene rings is 2. The highest BCUT2D eigenvalue weighted by Gasteiger charge is 2.15. The third kappa shape index (κ3) is 3.45. The Morgan fingerprint density at radius 1 is 0.857 bits per heavy atom. The lowest BCUT2D eigenvalue weighted by molar-refractivity contribution is 0.146. The number of hydrogen-bond donors (Lipinski definition) is 0. The summed E-state index contributed by atoms with van der Waals surface area (Å²) in [5.74, 6) is -2.38. The minimum Gasteiger partial charge on any atom is -0.259 e. The summed E-state index contributed by atoms with van der Waals surface area (Å²) in [5.41, 5.74) is 1.61. The summed E-state index contributed by atoms with van der Waals surface area (Å²) in [5, 5.41) is 4.17. The number of halogens is 5. The van der Waals surface area contributed by atoms with Crippen molar-refractivity contribution in [3.05, 3.63) is 83.4 Å². The second kappa shape index (κ2) is 7.03. The normalized spacial score (nSPS) is 11.5. The third-order valence-corrected chi connectivity index (χ3v) is 4.31. The summed E-state index contributed by atoms with van der Waals surface area (Å²) in [7, 11) is 0. The van der Waals surface area contributed by atoms with Crippen LogP contribution in [0.5, 0.6) is 0 Å². The fraction of sp³-hybridized carbons (Fsp3) is 0.100. The fourth-order valence-electron chi connectivity index (χ4n) is 3.01. The molecule has 0 aliphatic carbocycles. The zero-order valence-corrected chi connectivity index (χ0v) is 14.2. The molecule has 2 aromatic carbocycles. The molecule has 0 aliphatic heterocycles. The van der Waals surface area contributed by atoms with Gasteiger partial charge in [-0.3, -0.25) is 9.67 Å². The van der Waals surface area contributed by atoms with Crippen molar-refractivity contribution in [1.82, 2.24) is 14.8 Å². The SMILES string of the molecule is Fc1cc(F)cc(Cn2ncc3ncc(-c4ccc(F)c(C(F)F)c4)cc32)c1. The number of fused-ring (bicyclic) bond motifs is 1. The molecular formula is C20H12F5N3. The van der Waals surface area contributed by atoms with E-state index in [1.165, 1.54) is 35.3 Å². The van der Waals surface area contributed by atoms with Crippen LogP contribution >= 0.6 is 0 Å². The topological polar surface area (TPSA) is 30.7 Å². The molecule has 4 rings (SSSR count). The minimum atomic E-state index is -2.94. The molecule has 142 valence electrons. The van der Waals surface area contributed by atoms with Gasteiger partial charge in [0.2, 0.25) is 0 Å². The molecule has 0 aliphatic rings. The molecule has 28 heavy (non-hydrogen) atoms. The zero-order valence-electron chi connectivity index (χ0n) is 14.2. The molecule has 0 saturated heterocycles. The highest BCUT2D eigenvalue weighted by molar-refractivity contribution is 5.80. The Morgan fingerprint density at radius 2 is 1.61 bits per heavy atom. The van der Waals surface area contributed by atoms with Crippen LogP contribution in [0.25, 0.3) is 22.2 Å². The average Bonchev–Trinajstić information content (AvgIpc) is 3.03. The van der Waals surface area contributed by atoms with E-state index in [9.17, 15) is 22.0 Å². The quantitative estimate of drug-likeness (QED) is 0.432. The molecule has 2 heterocycles. The first-order valence-corrected chi connectivity index (χ1v) is 8.25. The van der Waals surface area contributed by atoms with Gasteiger partial charge in [0.1, 0.15) is 23.0 Å². The van der Waals surface area contributed by atoms with E-state index in [4.69, 9.17) is 0 Å². The first kappa shape index (κ1) is 18.1. The molecule has 2 aromatic heterocycles. The Hall–Kier alpha value is -3.29. The van der Waals surface area contributed by atoms with Gasteiger partial charge in [-0.15, -0.1) is 0 Å². The van der Waals surface area contributed by atoms with Gasteiger partial charge in [0, 0.05) is 17.8 Å². The summed E-state index contributed by atoms with van der Waals surface area (Å²) in [6.07, 6.45) is 0.0212. The number of alkyl halides is 2. The minimum absolute atomic E-state index is 0.0923. The molecule has 8 heteroatoms. The summed E-state index contributed by atoms with van der Waals surface area (Å²) in [6.45, 7) is 0.0923. The molecule has 0 spiro atoms. The van der Waals surface area contributed by atoms with Crippen molar-refractivity contribution < 1.29 is 22.0 Å². The summed E-state index contributed by atoms with van der Waals surface area (Å²) < 4.78 is 67.8. The van der Waals surface area contributed by atoms with E-state index in [1.54, 1.807) is 6.07 Å². The van der Waals surface area contributed by atoms with Crippen LogP contribution in [0.1, 0.15) is 17.6 Å². The van der Waals surface area contributed by atoms with Gasteiger partial charge in [0.05, 0.1) is 23.8 Å². The summed E-state index contributed by atoms with van der Waals surface area (Å²) in [6, 6.07) is 8.27. The Kier molecular flexibility index (Phi) is 4.54. The van der Waals surface area contributed by atoms with Gasteiger partial charge in [-0.05, 0) is 41.5 Å². The lowest BCUT2D eigenvalue weighted by atomic mass is 10.0. The van der Waals surface area contributed by atoms with E-state index < -0.39 is 29.4 Å². The molecule has 4 aromatic rings. The molecule has 0 fully saturated rings. The van der Waals surface area contributed by atoms with Gasteiger partial charge in [-0.1, -0.05) is 6.07 Å². The van der Waals surface area contributed by atoms with Gasteiger partial charge in [0.15, 0.2) is 0 Å². The van der Waals surface area contributed by atoms with Crippen LogP contribution in [0.15, 0.2) is 54.9 Å². The van der Waals surface area contributed by atoms with Crippen LogP contribution in [0.4, 0.5) is 22.0 Å². The van der Waals surface area contributed by atoms with Crippen LogP contribution in [-0.4, -0.2) is 14.8 Å². The van der Waals surface area contributed by atoms with Gasteiger partial charge in [-0.25, -0.2) is 22.0 Å². The maximum atomic E-state index is 13.5. The first-order valence-electron chi connectivity index (χ1n) is 8.25. The summed E-state index contributed by atoms with van der Waals surface area (Å²) >= 11 is 0. The predicted octanol–water partition coefficient (Wildman–Crippen LogP) is 5.50. The van der Waals surface area contributed by atoms with E-state index in [1.807, 2.05) is 0 Å². The van der Waals surface area contributed by atoms with Crippen LogP contribution in [0, 0.1) is 17.5 Å². The Balaban J connectivity index is 1.75. The van der Waals surface area contributed by atoms with E-state index in [2.05, 4.69) is 10.1 Å². The van der Waals surface area contributed by atoms with Crippen LogP contribution < -0.4 is 0 Å². The van der Waals surface area contributed by atoms with E-state index in [0.29, 0.717) is 27.7 Å². The van der Waals surface area contributed by atoms with Gasteiger partial charge < -0.3 is 0 Å². The number of hydrogen-bond acceptors (Lipinski definition) is 2. The van der Waals surface area contributed by atoms with Crippen molar-refractivity contribution in [3.63, 3.8) is 0 Å². The van der Waals surface area contributed by atoms with Gasteiger partial charge in [0.25, 0.3) is 6.43 Å². The molecule has 0 atom stereocenters. The molecule has 0 saturated carbocycles. The van der Waals surface area contributed by atoms with E-state index >= 15 is 0 Å². The van der Waals surface area contributed by atoms with Gasteiger partial charge >= 0.3 is 0 Å². The van der Waals surface area contributed by atoms with Crippen molar-refractivity contribution in [1.29, 1.82) is 0 Å². The fourth-order valence-corrected chi connectivity index (χ4v) is 3.01. The highest BCUT2D eigenvalue weighted by Crippen LogP contribution is 2.29. The van der Waals surface area contributed by atoms with Gasteiger partial charge in [-0.2, -0.15) is 5.10 Å². The van der Waals surface area contributed by atoms with Crippen molar-refractivity contribution in [2.75, 3.05) is 0 Å². The maximum Gasteiger partial charge on any atom is 0.266 e. The Bertz CT molecular complexity index is 1150. The highest BCUT2D eigenvalue weighted by atomic mass is 19.3. The summed E-state index contributed by atoms with van der Waals surface area (Å²) in [4.78, 5) is 4.24. The van der Waals surface area contributed by atoms with Crippen molar-refractivity contribution in [2.24, 2.45) is 0 Å². The molecule has 0 amide bonds. The standard InChI is InChI=1S/C20H12F5N3/c21-14-3-11(4-15(22)7-14)10-28-19-6-13(8-26-18(19)9-27-28)12-1-2-17(23)16(5-12)20(24)25/h1-9,20H,10H2. The number of nitrogens with zero attached hydrogens (tertiary/aromatic N) is 3. The molecular weight excluding hydrogens is 377 g/mol. The maximum absolute atomic E-state index is 13.5. The second-order valence-electron chi connectivity index (χ2n) is 6.25. The van der Waals surface area contributed by atoms with Crippen molar-refractivity contribution in [3.8, 4) is 11.1 Å². The smallest absolute Gasteiger partial charge is 0.259 e. The van der Waals surface area contributed by atoms with Crippen LogP contribution in [0.3, 0.4) is 0 Å². The van der Waals surface area contributed by atoms with Crippen molar-refractivity contribution >= 4 is 11.0 Å². The number of aromatic nitrogens is 3. The molecule has 0 N–H and O–H groups in total. The lowest BCUT2D eigenvalue weighted by Crippen LogP contribution is -2.02. The zero-order chi connectivity index (χ0) is 19.8. The predicted molar refractivity (Wildman–Crippen MR) is 93.3 cm³/mol. The molecule has 0 radical (unpaired) electrons. The largest absolute Gasteiger partial charge is 0.266 e.